The molecule has 0 bridgehead atoms. The molecule has 2 N–H and O–H groups in total. The molecule has 1 unspecified atom stereocenters. The van der Waals surface area contributed by atoms with E-state index in [0.717, 1.165) is 13.0 Å². The van der Waals surface area contributed by atoms with Crippen LogP contribution in [0.25, 0.3) is 0 Å². The summed E-state index contributed by atoms with van der Waals surface area (Å²) in [7, 11) is 3.98. The summed E-state index contributed by atoms with van der Waals surface area (Å²) in [4.78, 5) is 20.7. The van der Waals surface area contributed by atoms with E-state index in [9.17, 15) is 10.1 Å². The van der Waals surface area contributed by atoms with E-state index < -0.39 is 4.92 Å². The first-order chi connectivity index (χ1) is 9.45. The van der Waals surface area contributed by atoms with Crippen LogP contribution in [0.15, 0.2) is 6.33 Å². The number of rotatable bonds is 8. The van der Waals surface area contributed by atoms with Crippen molar-refractivity contribution in [3.05, 3.63) is 16.4 Å². The summed E-state index contributed by atoms with van der Waals surface area (Å²) in [5.74, 6) is 0.502. The third kappa shape index (κ3) is 4.61. The van der Waals surface area contributed by atoms with Gasteiger partial charge in [0, 0.05) is 12.6 Å². The monoisotopic (exact) mass is 282 g/mol. The van der Waals surface area contributed by atoms with Crippen LogP contribution in [0.1, 0.15) is 20.3 Å². The zero-order valence-corrected chi connectivity index (χ0v) is 12.4. The van der Waals surface area contributed by atoms with Gasteiger partial charge >= 0.3 is 5.69 Å². The van der Waals surface area contributed by atoms with E-state index in [-0.39, 0.29) is 23.4 Å². The minimum absolute atomic E-state index is 0.0838. The summed E-state index contributed by atoms with van der Waals surface area (Å²) in [5.41, 5.74) is -0.106. The summed E-state index contributed by atoms with van der Waals surface area (Å²) < 4.78 is 0. The number of hydrogen-bond acceptors (Lipinski definition) is 7. The van der Waals surface area contributed by atoms with Crippen LogP contribution in [0, 0.1) is 10.1 Å². The van der Waals surface area contributed by atoms with Gasteiger partial charge in [0.1, 0.15) is 6.33 Å². The van der Waals surface area contributed by atoms with E-state index in [1.165, 1.54) is 6.33 Å². The minimum atomic E-state index is -0.459. The third-order valence-electron chi connectivity index (χ3n) is 2.74. The van der Waals surface area contributed by atoms with Crippen molar-refractivity contribution in [2.24, 2.45) is 0 Å². The Morgan fingerprint density at radius 3 is 2.60 bits per heavy atom. The molecule has 0 fully saturated rings. The van der Waals surface area contributed by atoms with Crippen molar-refractivity contribution in [3.63, 3.8) is 0 Å². The summed E-state index contributed by atoms with van der Waals surface area (Å²) in [6.07, 6.45) is 2.19. The maximum atomic E-state index is 11.2. The van der Waals surface area contributed by atoms with Crippen LogP contribution >= 0.6 is 0 Å². The van der Waals surface area contributed by atoms with Gasteiger partial charge < -0.3 is 15.5 Å². The quantitative estimate of drug-likeness (QED) is 0.551. The molecule has 0 spiro atoms. The number of nitro groups is 1. The Hall–Kier alpha value is -1.96. The van der Waals surface area contributed by atoms with Gasteiger partial charge in [-0.1, -0.05) is 0 Å². The summed E-state index contributed by atoms with van der Waals surface area (Å²) in [6.45, 7) is 5.29. The average molecular weight is 282 g/mol. The largest absolute Gasteiger partial charge is 0.364 e. The molecule has 1 aromatic heterocycles. The molecule has 0 aromatic carbocycles. The molecule has 1 aromatic rings. The molecular weight excluding hydrogens is 260 g/mol. The molecule has 8 heteroatoms. The minimum Gasteiger partial charge on any atom is -0.364 e. The lowest BCUT2D eigenvalue weighted by molar-refractivity contribution is -0.383. The lowest BCUT2D eigenvalue weighted by Gasteiger charge is -2.17. The molecule has 0 aliphatic rings. The van der Waals surface area contributed by atoms with Crippen LogP contribution < -0.4 is 10.6 Å². The first-order valence-electron chi connectivity index (χ1n) is 6.60. The third-order valence-corrected chi connectivity index (χ3v) is 2.74. The fourth-order valence-electron chi connectivity index (χ4n) is 1.71. The first-order valence-corrected chi connectivity index (χ1v) is 6.60. The van der Waals surface area contributed by atoms with Crippen molar-refractivity contribution in [2.45, 2.75) is 26.3 Å². The van der Waals surface area contributed by atoms with Gasteiger partial charge in [0.2, 0.25) is 11.6 Å². The molecule has 1 atom stereocenters. The molecule has 0 aliphatic carbocycles. The summed E-state index contributed by atoms with van der Waals surface area (Å²) in [6, 6.07) is 0.0838. The van der Waals surface area contributed by atoms with Crippen LogP contribution in [0.5, 0.6) is 0 Å². The number of anilines is 2. The highest BCUT2D eigenvalue weighted by molar-refractivity contribution is 5.69. The Morgan fingerprint density at radius 2 is 2.05 bits per heavy atom. The Bertz CT molecular complexity index is 452. The van der Waals surface area contributed by atoms with Gasteiger partial charge in [-0.2, -0.15) is 0 Å². The molecule has 1 rings (SSSR count). The Morgan fingerprint density at radius 1 is 1.40 bits per heavy atom. The average Bonchev–Trinajstić information content (AvgIpc) is 2.36. The van der Waals surface area contributed by atoms with Gasteiger partial charge in [0.05, 0.1) is 4.92 Å². The molecule has 1 heterocycles. The van der Waals surface area contributed by atoms with Crippen molar-refractivity contribution >= 4 is 17.3 Å². The number of nitrogens with zero attached hydrogens (tertiary/aromatic N) is 4. The number of hydrogen-bond donors (Lipinski definition) is 2. The highest BCUT2D eigenvalue weighted by atomic mass is 16.6. The second-order valence-electron chi connectivity index (χ2n) is 4.84. The highest BCUT2D eigenvalue weighted by Gasteiger charge is 2.23. The molecular formula is C12H22N6O2. The maximum absolute atomic E-state index is 11.2. The van der Waals surface area contributed by atoms with Crippen LogP contribution in [0.4, 0.5) is 17.3 Å². The van der Waals surface area contributed by atoms with Gasteiger partial charge in [-0.15, -0.1) is 0 Å². The predicted octanol–water partition coefficient (Wildman–Crippen LogP) is 1.57. The zero-order chi connectivity index (χ0) is 15.1. The van der Waals surface area contributed by atoms with Crippen LogP contribution in [0.2, 0.25) is 0 Å². The first kappa shape index (κ1) is 16.1. The summed E-state index contributed by atoms with van der Waals surface area (Å²) >= 11 is 0. The SMILES string of the molecule is CCNc1ncnc(NC(C)CCN(C)C)c1[N+](=O)[O-]. The molecule has 0 aliphatic heterocycles. The molecule has 0 radical (unpaired) electrons. The van der Waals surface area contributed by atoms with Gasteiger partial charge in [-0.3, -0.25) is 10.1 Å². The van der Waals surface area contributed by atoms with Gasteiger partial charge in [0.15, 0.2) is 0 Å². The zero-order valence-electron chi connectivity index (χ0n) is 12.4. The Labute approximate surface area is 118 Å². The lowest BCUT2D eigenvalue weighted by Crippen LogP contribution is -2.24. The van der Waals surface area contributed by atoms with Crippen molar-refractivity contribution in [1.29, 1.82) is 0 Å². The molecule has 0 saturated carbocycles. The molecule has 112 valence electrons. The summed E-state index contributed by atoms with van der Waals surface area (Å²) in [5, 5.41) is 17.2. The van der Waals surface area contributed by atoms with E-state index in [0.29, 0.717) is 6.54 Å². The molecule has 0 amide bonds. The number of nitrogens with one attached hydrogen (secondary N) is 2. The number of aromatic nitrogens is 2. The lowest BCUT2D eigenvalue weighted by atomic mass is 10.2. The van der Waals surface area contributed by atoms with E-state index >= 15 is 0 Å². The standard InChI is InChI=1S/C12H22N6O2/c1-5-13-11-10(18(19)20)12(15-8-14-11)16-9(2)6-7-17(3)4/h8-9H,5-7H2,1-4H3,(H2,13,14,15,16). The van der Waals surface area contributed by atoms with Crippen molar-refractivity contribution in [3.8, 4) is 0 Å². The van der Waals surface area contributed by atoms with Crippen LogP contribution in [-0.4, -0.2) is 53.0 Å². The fraction of sp³-hybridized carbons (Fsp3) is 0.667. The topological polar surface area (TPSA) is 96.2 Å². The molecule has 20 heavy (non-hydrogen) atoms. The van der Waals surface area contributed by atoms with E-state index in [2.05, 4.69) is 25.5 Å². The second-order valence-corrected chi connectivity index (χ2v) is 4.84. The second kappa shape index (κ2) is 7.59. The van der Waals surface area contributed by atoms with Crippen LogP contribution in [-0.2, 0) is 0 Å². The van der Waals surface area contributed by atoms with E-state index in [1.54, 1.807) is 0 Å². The van der Waals surface area contributed by atoms with Crippen molar-refractivity contribution in [2.75, 3.05) is 37.8 Å². The van der Waals surface area contributed by atoms with Gasteiger partial charge in [-0.25, -0.2) is 9.97 Å². The van der Waals surface area contributed by atoms with Crippen molar-refractivity contribution < 1.29 is 4.92 Å². The van der Waals surface area contributed by atoms with Gasteiger partial charge in [-0.05, 0) is 40.9 Å². The predicted molar refractivity (Wildman–Crippen MR) is 79.1 cm³/mol. The van der Waals surface area contributed by atoms with Crippen LogP contribution in [0.3, 0.4) is 0 Å². The van der Waals surface area contributed by atoms with E-state index in [4.69, 9.17) is 0 Å². The normalized spacial score (nSPS) is 12.2. The Kier molecular flexibility index (Phi) is 6.10. The fourth-order valence-corrected chi connectivity index (χ4v) is 1.71. The Balaban J connectivity index is 2.88. The maximum Gasteiger partial charge on any atom is 0.353 e. The van der Waals surface area contributed by atoms with E-state index in [1.807, 2.05) is 27.9 Å². The highest BCUT2D eigenvalue weighted by Crippen LogP contribution is 2.29. The smallest absolute Gasteiger partial charge is 0.353 e. The van der Waals surface area contributed by atoms with Gasteiger partial charge in [0.25, 0.3) is 0 Å². The molecule has 8 nitrogen and oxygen atoms in total. The van der Waals surface area contributed by atoms with Crippen molar-refractivity contribution in [1.82, 2.24) is 14.9 Å². The molecule has 0 saturated heterocycles.